The number of carbonyl (C=O) groups excluding carboxylic acids is 2. The van der Waals surface area contributed by atoms with Gasteiger partial charge in [-0.05, 0) is 43.4 Å². The normalized spacial score (nSPS) is 13.9. The molecule has 0 spiro atoms. The Balaban J connectivity index is 2.07. The first kappa shape index (κ1) is 31.7. The van der Waals surface area contributed by atoms with Crippen molar-refractivity contribution in [2.24, 2.45) is 5.92 Å². The highest BCUT2D eigenvalue weighted by Gasteiger charge is 2.39. The van der Waals surface area contributed by atoms with Gasteiger partial charge in [-0.15, -0.1) is 11.8 Å². The molecule has 0 aromatic heterocycles. The van der Waals surface area contributed by atoms with E-state index in [0.717, 1.165) is 16.7 Å². The molecular weight excluding hydrogens is 536 g/mol. The van der Waals surface area contributed by atoms with Crippen molar-refractivity contribution in [3.05, 3.63) is 108 Å². The first-order valence-electron chi connectivity index (χ1n) is 13.8. The lowest BCUT2D eigenvalue weighted by Crippen LogP contribution is -2.55. The number of carbonyl (C=O) groups is 3. The third-order valence-electron chi connectivity index (χ3n) is 6.79. The second kappa shape index (κ2) is 14.2. The van der Waals surface area contributed by atoms with Gasteiger partial charge in [0.1, 0.15) is 17.7 Å². The monoisotopic (exact) mass is 576 g/mol. The topological polar surface area (TPSA) is 105 Å². The zero-order valence-corrected chi connectivity index (χ0v) is 25.1. The van der Waals surface area contributed by atoms with Crippen molar-refractivity contribution in [1.82, 2.24) is 10.6 Å². The number of benzene rings is 3. The Morgan fingerprint density at radius 3 is 1.61 bits per heavy atom. The van der Waals surface area contributed by atoms with E-state index in [1.807, 2.05) is 97.9 Å². The van der Waals surface area contributed by atoms with Crippen LogP contribution in [0.25, 0.3) is 0 Å². The molecule has 3 atom stereocenters. The fourth-order valence-electron chi connectivity index (χ4n) is 4.55. The smallest absolute Gasteiger partial charge is 0.408 e. The summed E-state index contributed by atoms with van der Waals surface area (Å²) in [5.41, 5.74) is 2.23. The number of carboxylic acid groups (broad SMARTS) is 1. The van der Waals surface area contributed by atoms with Gasteiger partial charge in [-0.1, -0.05) is 111 Å². The van der Waals surface area contributed by atoms with Crippen molar-refractivity contribution in [3.8, 4) is 0 Å². The van der Waals surface area contributed by atoms with Gasteiger partial charge in [0.15, 0.2) is 0 Å². The second-order valence-electron chi connectivity index (χ2n) is 11.0. The molecule has 0 fully saturated rings. The predicted molar refractivity (Wildman–Crippen MR) is 164 cm³/mol. The van der Waals surface area contributed by atoms with Gasteiger partial charge in [0, 0.05) is 5.75 Å². The minimum atomic E-state index is -1.12. The van der Waals surface area contributed by atoms with Crippen LogP contribution in [0.5, 0.6) is 0 Å². The summed E-state index contributed by atoms with van der Waals surface area (Å²) in [4.78, 5) is 38.5. The molecule has 3 aromatic rings. The highest BCUT2D eigenvalue weighted by molar-refractivity contribution is 8.00. The highest BCUT2D eigenvalue weighted by atomic mass is 32.2. The molecule has 0 radical (unpaired) electrons. The van der Waals surface area contributed by atoms with Gasteiger partial charge in [0.25, 0.3) is 0 Å². The van der Waals surface area contributed by atoms with E-state index >= 15 is 0 Å². The van der Waals surface area contributed by atoms with Crippen LogP contribution < -0.4 is 10.6 Å². The van der Waals surface area contributed by atoms with Crippen LogP contribution in [0, 0.1) is 5.92 Å². The quantitative estimate of drug-likeness (QED) is 0.221. The standard InChI is InChI=1S/C33H40N2O5S/c1-6-23(2)28(30(37)38)35-29(36)27(34-31(39)40-32(3,4)5)22-41-33(24-16-10-7-11-17-24,25-18-12-8-13-19-25)26-20-14-9-15-21-26/h7-21,23,27-28H,6,22H2,1-5H3,(H,34,39)(H,35,36)(H,37,38)/t23-,27-,28-/m0/s1. The molecule has 7 nitrogen and oxygen atoms in total. The van der Waals surface area contributed by atoms with Crippen LogP contribution in [-0.4, -0.2) is 46.5 Å². The molecule has 0 aliphatic heterocycles. The van der Waals surface area contributed by atoms with Gasteiger partial charge in [0.05, 0.1) is 4.75 Å². The zero-order chi connectivity index (χ0) is 30.0. The summed E-state index contributed by atoms with van der Waals surface area (Å²) >= 11 is 1.50. The van der Waals surface area contributed by atoms with Crippen LogP contribution in [-0.2, 0) is 19.1 Å². The average Bonchev–Trinajstić information content (AvgIpc) is 2.95. The van der Waals surface area contributed by atoms with Crippen molar-refractivity contribution < 1.29 is 24.2 Å². The Kier molecular flexibility index (Phi) is 11.0. The van der Waals surface area contributed by atoms with E-state index in [4.69, 9.17) is 4.74 Å². The molecule has 0 saturated carbocycles. The summed E-state index contributed by atoms with van der Waals surface area (Å²) in [6.45, 7) is 8.86. The lowest BCUT2D eigenvalue weighted by atomic mass is 9.84. The Morgan fingerprint density at radius 1 is 0.805 bits per heavy atom. The van der Waals surface area contributed by atoms with Gasteiger partial charge in [0.2, 0.25) is 5.91 Å². The molecule has 0 unspecified atom stereocenters. The number of carboxylic acids is 1. The number of hydrogen-bond acceptors (Lipinski definition) is 5. The number of hydrogen-bond donors (Lipinski definition) is 3. The van der Waals surface area contributed by atoms with E-state index in [9.17, 15) is 19.5 Å². The maximum atomic E-state index is 13.6. The van der Waals surface area contributed by atoms with E-state index in [1.54, 1.807) is 27.7 Å². The number of aliphatic carboxylic acids is 1. The Hall–Kier alpha value is -3.78. The lowest BCUT2D eigenvalue weighted by molar-refractivity contribution is -0.143. The van der Waals surface area contributed by atoms with Crippen molar-refractivity contribution in [2.45, 2.75) is 63.5 Å². The number of thioether (sulfide) groups is 1. The maximum Gasteiger partial charge on any atom is 0.408 e. The zero-order valence-electron chi connectivity index (χ0n) is 24.3. The van der Waals surface area contributed by atoms with Crippen LogP contribution in [0.1, 0.15) is 57.7 Å². The molecule has 0 aliphatic carbocycles. The van der Waals surface area contributed by atoms with E-state index in [-0.39, 0.29) is 11.7 Å². The number of rotatable bonds is 12. The molecule has 2 amide bonds. The van der Waals surface area contributed by atoms with Crippen molar-refractivity contribution in [3.63, 3.8) is 0 Å². The van der Waals surface area contributed by atoms with Gasteiger partial charge in [-0.25, -0.2) is 9.59 Å². The largest absolute Gasteiger partial charge is 0.480 e. The minimum absolute atomic E-state index is 0.136. The molecule has 3 rings (SSSR count). The number of alkyl carbamates (subject to hydrolysis) is 1. The summed E-state index contributed by atoms with van der Waals surface area (Å²) in [6.07, 6.45) is -0.187. The highest BCUT2D eigenvalue weighted by Crippen LogP contribution is 2.48. The van der Waals surface area contributed by atoms with Crippen molar-refractivity contribution in [2.75, 3.05) is 5.75 Å². The molecular formula is C33H40N2O5S. The summed E-state index contributed by atoms with van der Waals surface area (Å²) in [6, 6.07) is 27.8. The van der Waals surface area contributed by atoms with E-state index in [2.05, 4.69) is 10.6 Å². The molecule has 41 heavy (non-hydrogen) atoms. The van der Waals surface area contributed by atoms with Crippen LogP contribution >= 0.6 is 11.8 Å². The molecule has 0 bridgehead atoms. The molecule has 3 N–H and O–H groups in total. The second-order valence-corrected chi connectivity index (χ2v) is 12.2. The van der Waals surface area contributed by atoms with E-state index in [0.29, 0.717) is 6.42 Å². The molecule has 8 heteroatoms. The van der Waals surface area contributed by atoms with E-state index < -0.39 is 40.4 Å². The summed E-state index contributed by atoms with van der Waals surface area (Å²) in [7, 11) is 0. The van der Waals surface area contributed by atoms with E-state index in [1.165, 1.54) is 11.8 Å². The van der Waals surface area contributed by atoms with Gasteiger partial charge >= 0.3 is 12.1 Å². The van der Waals surface area contributed by atoms with Gasteiger partial charge in [-0.3, -0.25) is 4.79 Å². The first-order chi connectivity index (χ1) is 19.5. The molecule has 0 saturated heterocycles. The van der Waals surface area contributed by atoms with Crippen molar-refractivity contribution in [1.29, 1.82) is 0 Å². The summed E-state index contributed by atoms with van der Waals surface area (Å²) in [5, 5.41) is 15.2. The Morgan fingerprint density at radius 2 is 1.24 bits per heavy atom. The van der Waals surface area contributed by atoms with Crippen LogP contribution in [0.15, 0.2) is 91.0 Å². The van der Waals surface area contributed by atoms with Gasteiger partial charge < -0.3 is 20.5 Å². The number of amides is 2. The Labute approximate surface area is 247 Å². The molecule has 0 aliphatic rings. The van der Waals surface area contributed by atoms with Gasteiger partial charge in [-0.2, -0.15) is 0 Å². The number of ether oxygens (including phenoxy) is 1. The summed E-state index contributed by atoms with van der Waals surface area (Å²) in [5.74, 6) is -1.87. The Bertz CT molecular complexity index is 1180. The first-order valence-corrected chi connectivity index (χ1v) is 14.8. The molecule has 218 valence electrons. The minimum Gasteiger partial charge on any atom is -0.480 e. The predicted octanol–water partition coefficient (Wildman–Crippen LogP) is 6.22. The number of nitrogens with one attached hydrogen (secondary N) is 2. The van der Waals surface area contributed by atoms with Crippen LogP contribution in [0.4, 0.5) is 4.79 Å². The third-order valence-corrected chi connectivity index (χ3v) is 8.43. The summed E-state index contributed by atoms with van der Waals surface area (Å²) < 4.78 is 4.73. The fourth-order valence-corrected chi connectivity index (χ4v) is 6.11. The average molecular weight is 577 g/mol. The fraction of sp³-hybridized carbons (Fsp3) is 0.364. The maximum absolute atomic E-state index is 13.6. The van der Waals surface area contributed by atoms with Crippen LogP contribution in [0.3, 0.4) is 0 Å². The third kappa shape index (κ3) is 8.36. The van der Waals surface area contributed by atoms with Crippen LogP contribution in [0.2, 0.25) is 0 Å². The SMILES string of the molecule is CC[C@H](C)[C@H](NC(=O)[C@H](CSC(c1ccccc1)(c1ccccc1)c1ccccc1)NC(=O)OC(C)(C)C)C(=O)O. The van der Waals surface area contributed by atoms with Crippen molar-refractivity contribution >= 4 is 29.7 Å². The molecule has 3 aromatic carbocycles. The lowest BCUT2D eigenvalue weighted by Gasteiger charge is -2.36. The molecule has 0 heterocycles.